The van der Waals surface area contributed by atoms with E-state index < -0.39 is 65.8 Å². The molecule has 5 nitrogen and oxygen atoms in total. The van der Waals surface area contributed by atoms with Crippen LogP contribution in [0.3, 0.4) is 0 Å². The van der Waals surface area contributed by atoms with E-state index in [9.17, 15) is 5.48 Å². The summed E-state index contributed by atoms with van der Waals surface area (Å²) in [7, 11) is 0. The quantitative estimate of drug-likeness (QED) is 0.112. The molecule has 0 saturated carbocycles. The number of rotatable bonds is 8. The molecule has 16 rings (SSSR count). The second-order valence-corrected chi connectivity index (χ2v) is 24.1. The Bertz CT molecular complexity index is 5330. The van der Waals surface area contributed by atoms with Gasteiger partial charge in [0.1, 0.15) is 5.82 Å². The minimum Gasteiger partial charge on any atom is -0.510 e. The van der Waals surface area contributed by atoms with Gasteiger partial charge in [-0.15, -0.1) is 29.7 Å². The molecule has 6 heteroatoms. The van der Waals surface area contributed by atoms with Gasteiger partial charge in [0.15, 0.2) is 0 Å². The first-order chi connectivity index (χ1) is 44.4. The van der Waals surface area contributed by atoms with Crippen LogP contribution in [0.1, 0.15) is 101 Å². The minimum atomic E-state index is -0.580. The van der Waals surface area contributed by atoms with Crippen molar-refractivity contribution in [2.24, 2.45) is 5.41 Å². The van der Waals surface area contributed by atoms with Crippen molar-refractivity contribution in [3.63, 3.8) is 0 Å². The SMILES string of the molecule is [2H]c1c([2H])c([2H])c(-c2cccc(-c3c([2H])c([2H])c([2H])c([2H])c3[2H])c2-[n+]2[c-]n(-c3[c-]c(Oc4[c-]c5c(cc4)c4ccccc4n5-c4cc(C(C)(C)C)ccn4)ccc3)c3cc(-c4ccc5c(c4)C4(C)c6ccccc6C6(C)c7ccccc7C5(C)C64C)ccc32)c([2H])c1[2H].[Pt]. The molecule has 3 aliphatic rings. The van der Waals surface area contributed by atoms with Gasteiger partial charge < -0.3 is 13.9 Å². The van der Waals surface area contributed by atoms with Crippen LogP contribution >= 0.6 is 0 Å². The molecule has 0 amide bonds. The molecule has 10 aromatic carbocycles. The number of hydrogen-bond donors (Lipinski definition) is 0. The number of benzene rings is 10. The molecule has 0 bridgehead atoms. The number of pyridine rings is 1. The summed E-state index contributed by atoms with van der Waals surface area (Å²) in [5.41, 5.74) is 12.8. The van der Waals surface area contributed by atoms with Gasteiger partial charge in [-0.1, -0.05) is 224 Å². The Kier molecular flexibility index (Phi) is 9.28. The van der Waals surface area contributed by atoms with Crippen molar-refractivity contribution < 1.29 is 44.1 Å². The third-order valence-electron chi connectivity index (χ3n) is 19.5. The fourth-order valence-electron chi connectivity index (χ4n) is 15.3. The van der Waals surface area contributed by atoms with Gasteiger partial charge >= 0.3 is 0 Å². The molecule has 3 aromatic heterocycles. The van der Waals surface area contributed by atoms with E-state index in [0.29, 0.717) is 28.2 Å². The maximum Gasteiger partial charge on any atom is 0.268 e. The van der Waals surface area contributed by atoms with Gasteiger partial charge in [0.25, 0.3) is 6.33 Å². The zero-order valence-electron chi connectivity index (χ0n) is 57.3. The Balaban J connectivity index is 0.00000729. The Morgan fingerprint density at radius 2 is 1.08 bits per heavy atom. The fourth-order valence-corrected chi connectivity index (χ4v) is 15.3. The molecule has 3 heterocycles. The predicted molar refractivity (Wildman–Crippen MR) is 335 cm³/mol. The van der Waals surface area contributed by atoms with E-state index in [1.54, 1.807) is 22.8 Å². The van der Waals surface area contributed by atoms with E-state index in [1.165, 1.54) is 33.4 Å². The first-order valence-electron chi connectivity index (χ1n) is 33.2. The molecule has 0 radical (unpaired) electrons. The molecule has 0 spiro atoms. The molecule has 0 saturated heterocycles. The molecule has 4 unspecified atom stereocenters. The van der Waals surface area contributed by atoms with Crippen LogP contribution in [-0.4, -0.2) is 14.1 Å². The normalized spacial score (nSPS) is 21.6. The number of nitrogens with zero attached hydrogens (tertiary/aromatic N) is 4. The molecule has 410 valence electrons. The van der Waals surface area contributed by atoms with Gasteiger partial charge in [0, 0.05) is 65.9 Å². The average molecular weight is 1270 g/mol. The second-order valence-electron chi connectivity index (χ2n) is 24.1. The Morgan fingerprint density at radius 3 is 1.74 bits per heavy atom. The molecular formula is C78H60N4OPt-2. The second kappa shape index (κ2) is 18.6. The molecular weight excluding hydrogens is 1200 g/mol. The van der Waals surface area contributed by atoms with Crippen LogP contribution in [0.4, 0.5) is 0 Å². The van der Waals surface area contributed by atoms with Crippen molar-refractivity contribution in [3.05, 3.63) is 294 Å². The fraction of sp³-hybridized carbons (Fsp3) is 0.154. The van der Waals surface area contributed by atoms with Crippen molar-refractivity contribution in [2.45, 2.75) is 70.1 Å². The van der Waals surface area contributed by atoms with Gasteiger partial charge in [-0.25, -0.2) is 4.98 Å². The van der Waals surface area contributed by atoms with Crippen LogP contribution in [0.2, 0.25) is 0 Å². The zero-order chi connectivity index (χ0) is 64.9. The first-order valence-corrected chi connectivity index (χ1v) is 28.2. The minimum absolute atomic E-state index is 0. The largest absolute Gasteiger partial charge is 0.510 e. The maximum absolute atomic E-state index is 9.36. The van der Waals surface area contributed by atoms with E-state index in [1.807, 2.05) is 71.4 Å². The Hall–Kier alpha value is -8.89. The molecule has 4 atom stereocenters. The third kappa shape index (κ3) is 6.94. The van der Waals surface area contributed by atoms with Gasteiger partial charge in [-0.2, -0.15) is 18.2 Å². The van der Waals surface area contributed by atoms with E-state index in [2.05, 4.69) is 162 Å². The summed E-state index contributed by atoms with van der Waals surface area (Å²) in [5, 5.41) is 2.01. The Morgan fingerprint density at radius 1 is 0.512 bits per heavy atom. The van der Waals surface area contributed by atoms with E-state index in [4.69, 9.17) is 17.9 Å². The molecule has 3 aliphatic carbocycles. The number of para-hydroxylation sites is 2. The van der Waals surface area contributed by atoms with E-state index in [0.717, 1.165) is 44.3 Å². The van der Waals surface area contributed by atoms with E-state index in [-0.39, 0.29) is 70.7 Å². The Labute approximate surface area is 519 Å². The van der Waals surface area contributed by atoms with Gasteiger partial charge in [-0.05, 0) is 119 Å². The smallest absolute Gasteiger partial charge is 0.268 e. The van der Waals surface area contributed by atoms with Crippen LogP contribution in [0.5, 0.6) is 11.5 Å². The molecule has 84 heavy (non-hydrogen) atoms. The summed E-state index contributed by atoms with van der Waals surface area (Å²) in [6, 6.07) is 59.4. The summed E-state index contributed by atoms with van der Waals surface area (Å²) in [6.45, 7) is 16.4. The molecule has 0 N–H and O–H groups in total. The number of ether oxygens (including phenoxy) is 1. The van der Waals surface area contributed by atoms with Crippen molar-refractivity contribution >= 4 is 32.8 Å². The van der Waals surface area contributed by atoms with Crippen LogP contribution in [-0.2, 0) is 42.7 Å². The van der Waals surface area contributed by atoms with Crippen molar-refractivity contribution in [1.29, 1.82) is 0 Å². The summed E-state index contributed by atoms with van der Waals surface area (Å²) in [5.74, 6) is 1.52. The molecule has 13 aromatic rings. The number of aromatic nitrogens is 4. The third-order valence-corrected chi connectivity index (χ3v) is 19.5. The van der Waals surface area contributed by atoms with Gasteiger partial charge in [0.05, 0.1) is 30.4 Å². The van der Waals surface area contributed by atoms with Gasteiger partial charge in [0.2, 0.25) is 0 Å². The predicted octanol–water partition coefficient (Wildman–Crippen LogP) is 18.2. The van der Waals surface area contributed by atoms with Crippen LogP contribution in [0.25, 0.3) is 83.4 Å². The van der Waals surface area contributed by atoms with Crippen LogP contribution in [0, 0.1) is 23.9 Å². The maximum atomic E-state index is 9.36. The first kappa shape index (κ1) is 42.0. The van der Waals surface area contributed by atoms with Crippen LogP contribution in [0.15, 0.2) is 236 Å². The van der Waals surface area contributed by atoms with Gasteiger partial charge in [-0.3, -0.25) is 4.57 Å². The monoisotopic (exact) mass is 1270 g/mol. The van der Waals surface area contributed by atoms with Crippen molar-refractivity contribution in [2.75, 3.05) is 0 Å². The zero-order valence-corrected chi connectivity index (χ0v) is 49.5. The summed E-state index contributed by atoms with van der Waals surface area (Å²) in [6.07, 6.45) is 5.45. The van der Waals surface area contributed by atoms with Crippen LogP contribution < -0.4 is 9.30 Å². The topological polar surface area (TPSA) is 35.9 Å². The summed E-state index contributed by atoms with van der Waals surface area (Å²) >= 11 is 0. The summed E-state index contributed by atoms with van der Waals surface area (Å²) in [4.78, 5) is 4.88. The molecule has 0 fully saturated rings. The van der Waals surface area contributed by atoms with E-state index >= 15 is 0 Å². The number of imidazole rings is 1. The summed E-state index contributed by atoms with van der Waals surface area (Å²) < 4.78 is 102. The molecule has 0 aliphatic heterocycles. The standard InChI is InChI=1S/C78H60N4O.Pt/c1-74(2,3)54-42-43-79-72(46-54)82-68-35-19-14-28-60(68)61-39-38-57(48-70(61)82)83-56-27-20-26-55(47-56)80-49-81(73-58(50-22-10-8-11-23-50)29-21-30-59(73)51-24-12-9-13-25-51)69-41-37-53(45-71(69)80)52-36-40-66-67(44-52)77(6)65-34-18-17-33-64(65)75(4)62-31-15-16-32-63(62)76(66,5)78(75,77)7;/h8-46H,1-7H3;/q-2;/i8D,9D,10D,11D,12D,13D,22D,23D,24D,25D;. The number of hydrogen-bond acceptors (Lipinski definition) is 2. The van der Waals surface area contributed by atoms with Crippen molar-refractivity contribution in [1.82, 2.24) is 14.1 Å². The average Bonchev–Trinajstić information content (AvgIpc) is 1.44. The number of fused-ring (bicyclic) bond motifs is 13. The van der Waals surface area contributed by atoms with Crippen molar-refractivity contribution in [3.8, 4) is 62.1 Å².